The van der Waals surface area contributed by atoms with Crippen molar-refractivity contribution in [3.8, 4) is 0 Å². The Morgan fingerprint density at radius 3 is 2.14 bits per heavy atom. The lowest BCUT2D eigenvalue weighted by molar-refractivity contribution is -0.280. The molecule has 2 saturated heterocycles. The van der Waals surface area contributed by atoms with Gasteiger partial charge in [-0.15, -0.1) is 0 Å². The fraction of sp³-hybridized carbons (Fsp3) is 1.00. The number of nitrogens with one attached hydrogen (secondary N) is 1. The minimum atomic E-state index is -4.54. The molecule has 2 aliphatic rings. The second-order valence-corrected chi connectivity index (χ2v) is 4.04. The molecule has 0 aromatic rings. The summed E-state index contributed by atoms with van der Waals surface area (Å²) in [6, 6.07) is -0.761. The lowest BCUT2D eigenvalue weighted by atomic mass is 9.82. The first kappa shape index (κ1) is 10.2. The van der Waals surface area contributed by atoms with E-state index in [9.17, 15) is 18.3 Å². The van der Waals surface area contributed by atoms with Crippen molar-refractivity contribution in [2.45, 2.75) is 36.7 Å². The van der Waals surface area contributed by atoms with Crippen LogP contribution in [-0.4, -0.2) is 42.2 Å². The summed E-state index contributed by atoms with van der Waals surface area (Å²) in [7, 11) is 0. The highest BCUT2D eigenvalue weighted by molar-refractivity contribution is 5.00. The third-order valence-electron chi connectivity index (χ3n) is 2.81. The number of aliphatic hydroxyl groups is 1. The Bertz CT molecular complexity index is 219. The number of halogens is 3. The molecule has 14 heavy (non-hydrogen) atoms. The van der Waals surface area contributed by atoms with Crippen molar-refractivity contribution in [2.75, 3.05) is 13.2 Å². The van der Waals surface area contributed by atoms with E-state index in [1.165, 1.54) is 0 Å². The fourth-order valence-corrected chi connectivity index (χ4v) is 2.15. The molecular formula is C8H12F3NO2. The lowest BCUT2D eigenvalue weighted by Gasteiger charge is -2.45. The third kappa shape index (κ3) is 1.62. The van der Waals surface area contributed by atoms with E-state index in [0.717, 1.165) is 0 Å². The number of hydrogen-bond donors (Lipinski definition) is 2. The van der Waals surface area contributed by atoms with Crippen LogP contribution >= 0.6 is 0 Å². The zero-order valence-electron chi connectivity index (χ0n) is 7.47. The van der Waals surface area contributed by atoms with Gasteiger partial charge in [0.15, 0.2) is 5.60 Å². The maximum Gasteiger partial charge on any atom is 0.417 e. The number of fused-ring (bicyclic) bond motifs is 2. The first-order valence-electron chi connectivity index (χ1n) is 4.54. The molecule has 0 aliphatic carbocycles. The summed E-state index contributed by atoms with van der Waals surface area (Å²) in [6.45, 7) is 0.490. The number of piperidine rings is 1. The van der Waals surface area contributed by atoms with Gasteiger partial charge in [0.2, 0.25) is 0 Å². The van der Waals surface area contributed by atoms with Crippen molar-refractivity contribution >= 4 is 0 Å². The molecule has 2 rings (SSSR count). The van der Waals surface area contributed by atoms with Gasteiger partial charge in [-0.05, 0) is 0 Å². The van der Waals surface area contributed by atoms with Gasteiger partial charge in [-0.3, -0.25) is 0 Å². The Hall–Kier alpha value is -0.330. The first-order chi connectivity index (χ1) is 6.41. The third-order valence-corrected chi connectivity index (χ3v) is 2.81. The van der Waals surface area contributed by atoms with Gasteiger partial charge in [-0.25, -0.2) is 0 Å². The van der Waals surface area contributed by atoms with Crippen molar-refractivity contribution in [1.82, 2.24) is 5.32 Å². The molecular weight excluding hydrogens is 199 g/mol. The number of rotatable bonds is 0. The van der Waals surface area contributed by atoms with Crippen LogP contribution in [0.25, 0.3) is 0 Å². The lowest BCUT2D eigenvalue weighted by Crippen LogP contribution is -2.64. The van der Waals surface area contributed by atoms with Gasteiger partial charge in [0.1, 0.15) is 0 Å². The summed E-state index contributed by atoms with van der Waals surface area (Å²) in [4.78, 5) is 0. The maximum absolute atomic E-state index is 12.5. The van der Waals surface area contributed by atoms with Crippen molar-refractivity contribution < 1.29 is 23.0 Å². The molecule has 0 aromatic heterocycles. The van der Waals surface area contributed by atoms with E-state index in [4.69, 9.17) is 4.74 Å². The monoisotopic (exact) mass is 211 g/mol. The normalized spacial score (nSPS) is 43.7. The molecule has 0 saturated carbocycles. The molecule has 6 heteroatoms. The van der Waals surface area contributed by atoms with Gasteiger partial charge in [0.05, 0.1) is 13.2 Å². The molecule has 2 N–H and O–H groups in total. The summed E-state index contributed by atoms with van der Waals surface area (Å²) in [5.41, 5.74) is -2.53. The van der Waals surface area contributed by atoms with Crippen molar-refractivity contribution in [3.05, 3.63) is 0 Å². The summed E-state index contributed by atoms with van der Waals surface area (Å²) in [5, 5.41) is 12.5. The highest BCUT2D eigenvalue weighted by atomic mass is 19.4. The van der Waals surface area contributed by atoms with Crippen LogP contribution in [0.3, 0.4) is 0 Å². The van der Waals surface area contributed by atoms with E-state index in [2.05, 4.69) is 5.32 Å². The molecule has 0 spiro atoms. The number of hydrogen-bond acceptors (Lipinski definition) is 3. The average Bonchev–Trinajstić information content (AvgIpc) is 2.00. The van der Waals surface area contributed by atoms with Crippen LogP contribution in [0.1, 0.15) is 12.8 Å². The standard InChI is InChI=1S/C8H12F3NO2/c9-8(10,11)7(13)1-5-3-14-4-6(2-7)12-5/h5-6,12-13H,1-4H2. The van der Waals surface area contributed by atoms with Gasteiger partial charge >= 0.3 is 6.18 Å². The second kappa shape index (κ2) is 3.08. The predicted octanol–water partition coefficient (Wildman–Crippen LogP) is 0.431. The Morgan fingerprint density at radius 1 is 1.21 bits per heavy atom. The van der Waals surface area contributed by atoms with Crippen molar-refractivity contribution in [1.29, 1.82) is 0 Å². The molecule has 0 radical (unpaired) electrons. The molecule has 3 nitrogen and oxygen atoms in total. The largest absolute Gasteiger partial charge is 0.417 e. The molecule has 2 aliphatic heterocycles. The molecule has 0 amide bonds. The van der Waals surface area contributed by atoms with Gasteiger partial charge in [-0.1, -0.05) is 0 Å². The fourth-order valence-electron chi connectivity index (χ4n) is 2.15. The van der Waals surface area contributed by atoms with Gasteiger partial charge in [0, 0.05) is 24.9 Å². The molecule has 2 heterocycles. The van der Waals surface area contributed by atoms with Crippen LogP contribution < -0.4 is 5.32 Å². The Morgan fingerprint density at radius 2 is 1.71 bits per heavy atom. The highest BCUT2D eigenvalue weighted by Gasteiger charge is 2.58. The summed E-state index contributed by atoms with van der Waals surface area (Å²) in [6.07, 6.45) is -5.16. The first-order valence-corrected chi connectivity index (χ1v) is 4.54. The van der Waals surface area contributed by atoms with Crippen LogP contribution in [-0.2, 0) is 4.74 Å². The molecule has 0 aromatic carbocycles. The van der Waals surface area contributed by atoms with Crippen LogP contribution in [0.5, 0.6) is 0 Å². The van der Waals surface area contributed by atoms with E-state index < -0.39 is 11.8 Å². The topological polar surface area (TPSA) is 41.5 Å². The average molecular weight is 211 g/mol. The van der Waals surface area contributed by atoms with E-state index in [1.807, 2.05) is 0 Å². The zero-order valence-corrected chi connectivity index (χ0v) is 7.47. The minimum Gasteiger partial charge on any atom is -0.380 e. The van der Waals surface area contributed by atoms with Gasteiger partial charge in [-0.2, -0.15) is 13.2 Å². The van der Waals surface area contributed by atoms with Crippen molar-refractivity contribution in [3.63, 3.8) is 0 Å². The Balaban J connectivity index is 2.15. The molecule has 2 fully saturated rings. The van der Waals surface area contributed by atoms with E-state index >= 15 is 0 Å². The van der Waals surface area contributed by atoms with Gasteiger partial charge < -0.3 is 15.2 Å². The van der Waals surface area contributed by atoms with Crippen LogP contribution in [0.4, 0.5) is 13.2 Å². The number of ether oxygens (including phenoxy) is 1. The predicted molar refractivity (Wildman–Crippen MR) is 41.8 cm³/mol. The van der Waals surface area contributed by atoms with E-state index in [-0.39, 0.29) is 38.1 Å². The SMILES string of the molecule is OC1(C(F)(F)F)CC2COCC(C1)N2. The van der Waals surface area contributed by atoms with Crippen LogP contribution in [0.15, 0.2) is 0 Å². The maximum atomic E-state index is 12.5. The molecule has 2 bridgehead atoms. The minimum absolute atomic E-state index is 0.245. The smallest absolute Gasteiger partial charge is 0.380 e. The Labute approximate surface area is 79.2 Å². The summed E-state index contributed by atoms with van der Waals surface area (Å²) in [5.74, 6) is 0. The van der Waals surface area contributed by atoms with Crippen LogP contribution in [0, 0.1) is 0 Å². The second-order valence-electron chi connectivity index (χ2n) is 4.04. The zero-order chi connectivity index (χ0) is 10.4. The Kier molecular flexibility index (Phi) is 2.24. The summed E-state index contributed by atoms with van der Waals surface area (Å²) < 4.78 is 42.6. The number of morpholine rings is 1. The highest BCUT2D eigenvalue weighted by Crippen LogP contribution is 2.40. The molecule has 82 valence electrons. The number of alkyl halides is 3. The van der Waals surface area contributed by atoms with Crippen LogP contribution in [0.2, 0.25) is 0 Å². The van der Waals surface area contributed by atoms with Gasteiger partial charge in [0.25, 0.3) is 0 Å². The molecule has 2 unspecified atom stereocenters. The summed E-state index contributed by atoms with van der Waals surface area (Å²) >= 11 is 0. The van der Waals surface area contributed by atoms with Crippen molar-refractivity contribution in [2.24, 2.45) is 0 Å². The van der Waals surface area contributed by atoms with E-state index in [0.29, 0.717) is 0 Å². The molecule has 2 atom stereocenters. The van der Waals surface area contributed by atoms with E-state index in [1.54, 1.807) is 0 Å². The quantitative estimate of drug-likeness (QED) is 0.610.